The zero-order valence-corrected chi connectivity index (χ0v) is 13.0. The summed E-state index contributed by atoms with van der Waals surface area (Å²) in [4.78, 5) is 12.1. The molecule has 6 heteroatoms. The highest BCUT2D eigenvalue weighted by Gasteiger charge is 2.15. The van der Waals surface area contributed by atoms with Crippen molar-refractivity contribution in [1.82, 2.24) is 0 Å². The third-order valence-electron chi connectivity index (χ3n) is 3.00. The fourth-order valence-electron chi connectivity index (χ4n) is 1.87. The van der Waals surface area contributed by atoms with Gasteiger partial charge in [0.1, 0.15) is 17.3 Å². The van der Waals surface area contributed by atoms with E-state index in [-0.39, 0.29) is 11.3 Å². The minimum Gasteiger partial charge on any atom is -0.383 e. The van der Waals surface area contributed by atoms with Crippen molar-refractivity contribution in [3.8, 4) is 0 Å². The highest BCUT2D eigenvalue weighted by atomic mass is 79.9. The van der Waals surface area contributed by atoms with Crippen LogP contribution in [0, 0.1) is 18.6 Å². The molecule has 0 aliphatic carbocycles. The maximum absolute atomic E-state index is 13.7. The van der Waals surface area contributed by atoms with Gasteiger partial charge in [-0.25, -0.2) is 8.78 Å². The van der Waals surface area contributed by atoms with Gasteiger partial charge in [-0.15, -0.1) is 0 Å². The molecule has 110 valence electrons. The molecule has 0 heterocycles. The van der Waals surface area contributed by atoms with Crippen LogP contribution in [0.25, 0.3) is 0 Å². The van der Waals surface area contributed by atoms with E-state index in [9.17, 15) is 13.6 Å². The number of amides is 1. The average molecular weight is 355 g/mol. The van der Waals surface area contributed by atoms with Gasteiger partial charge in [0.2, 0.25) is 0 Å². The minimum absolute atomic E-state index is 0.0802. The second-order valence-corrected chi connectivity index (χ2v) is 5.39. The van der Waals surface area contributed by atoms with E-state index in [0.29, 0.717) is 5.69 Å². The Bertz CT molecular complexity index is 681. The van der Waals surface area contributed by atoms with Gasteiger partial charge in [-0.05, 0) is 36.8 Å². The lowest BCUT2D eigenvalue weighted by molar-refractivity contribution is 0.102. The largest absolute Gasteiger partial charge is 0.383 e. The highest BCUT2D eigenvalue weighted by molar-refractivity contribution is 9.10. The fraction of sp³-hybridized carbons (Fsp3) is 0.133. The molecule has 0 spiro atoms. The van der Waals surface area contributed by atoms with Gasteiger partial charge < -0.3 is 10.6 Å². The molecule has 2 aromatic carbocycles. The van der Waals surface area contributed by atoms with Crippen molar-refractivity contribution in [2.75, 3.05) is 17.7 Å². The quantitative estimate of drug-likeness (QED) is 0.861. The minimum atomic E-state index is -0.811. The third-order valence-corrected chi connectivity index (χ3v) is 3.50. The molecule has 0 radical (unpaired) electrons. The maximum atomic E-state index is 13.7. The molecule has 0 aliphatic rings. The Kier molecular flexibility index (Phi) is 4.57. The first-order chi connectivity index (χ1) is 9.92. The predicted octanol–water partition coefficient (Wildman–Crippen LogP) is 4.33. The lowest BCUT2D eigenvalue weighted by atomic mass is 10.1. The van der Waals surface area contributed by atoms with Gasteiger partial charge in [-0.3, -0.25) is 4.79 Å². The molecular weight excluding hydrogens is 342 g/mol. The van der Waals surface area contributed by atoms with Crippen molar-refractivity contribution in [2.45, 2.75) is 6.92 Å². The molecule has 0 unspecified atom stereocenters. The molecule has 2 aromatic rings. The van der Waals surface area contributed by atoms with E-state index >= 15 is 0 Å². The molecule has 21 heavy (non-hydrogen) atoms. The molecule has 2 N–H and O–H groups in total. The van der Waals surface area contributed by atoms with E-state index in [0.717, 1.165) is 22.2 Å². The van der Waals surface area contributed by atoms with Gasteiger partial charge in [0.25, 0.3) is 5.91 Å². The number of halogens is 3. The number of rotatable bonds is 3. The van der Waals surface area contributed by atoms with Crippen LogP contribution in [-0.4, -0.2) is 13.0 Å². The first-order valence-electron chi connectivity index (χ1n) is 6.16. The molecule has 0 bridgehead atoms. The van der Waals surface area contributed by atoms with Gasteiger partial charge in [-0.2, -0.15) is 0 Å². The van der Waals surface area contributed by atoms with Crippen molar-refractivity contribution < 1.29 is 13.6 Å². The first-order valence-corrected chi connectivity index (χ1v) is 6.96. The molecule has 0 saturated carbocycles. The number of carbonyl (C=O) groups is 1. The summed E-state index contributed by atoms with van der Waals surface area (Å²) in [6.07, 6.45) is 0. The Balaban J connectivity index is 2.31. The van der Waals surface area contributed by atoms with Gasteiger partial charge >= 0.3 is 0 Å². The number of hydrogen-bond donors (Lipinski definition) is 2. The summed E-state index contributed by atoms with van der Waals surface area (Å²) < 4.78 is 28.1. The fourth-order valence-corrected chi connectivity index (χ4v) is 2.23. The molecule has 0 saturated heterocycles. The second kappa shape index (κ2) is 6.22. The van der Waals surface area contributed by atoms with Crippen LogP contribution in [0.15, 0.2) is 34.8 Å². The van der Waals surface area contributed by atoms with Crippen molar-refractivity contribution >= 4 is 33.2 Å². The van der Waals surface area contributed by atoms with Gasteiger partial charge in [0.05, 0.1) is 0 Å². The number of hydrogen-bond acceptors (Lipinski definition) is 2. The van der Waals surface area contributed by atoms with Crippen LogP contribution < -0.4 is 10.6 Å². The molecular formula is C15H13BrF2N2O. The monoisotopic (exact) mass is 354 g/mol. The van der Waals surface area contributed by atoms with Crippen LogP contribution in [0.2, 0.25) is 0 Å². The van der Waals surface area contributed by atoms with E-state index < -0.39 is 17.5 Å². The summed E-state index contributed by atoms with van der Waals surface area (Å²) in [6.45, 7) is 1.83. The van der Waals surface area contributed by atoms with Crippen molar-refractivity contribution in [2.24, 2.45) is 0 Å². The van der Waals surface area contributed by atoms with Crippen LogP contribution in [-0.2, 0) is 0 Å². The Labute approximate surface area is 129 Å². The van der Waals surface area contributed by atoms with Gasteiger partial charge in [0.15, 0.2) is 0 Å². The molecule has 3 nitrogen and oxygen atoms in total. The SMILES string of the molecule is CNc1c(F)cc(C(=O)Nc2cc(Br)ccc2C)cc1F. The first kappa shape index (κ1) is 15.4. The van der Waals surface area contributed by atoms with E-state index in [1.165, 1.54) is 7.05 Å². The lowest BCUT2D eigenvalue weighted by Crippen LogP contribution is -2.14. The number of anilines is 2. The molecule has 1 amide bonds. The number of aryl methyl sites for hydroxylation is 1. The lowest BCUT2D eigenvalue weighted by Gasteiger charge is -2.10. The van der Waals surface area contributed by atoms with E-state index in [2.05, 4.69) is 26.6 Å². The van der Waals surface area contributed by atoms with Crippen molar-refractivity contribution in [3.63, 3.8) is 0 Å². The summed E-state index contributed by atoms with van der Waals surface area (Å²) in [6, 6.07) is 7.38. The Morgan fingerprint density at radius 2 is 1.76 bits per heavy atom. The smallest absolute Gasteiger partial charge is 0.255 e. The van der Waals surface area contributed by atoms with Crippen LogP contribution in [0.5, 0.6) is 0 Å². The number of benzene rings is 2. The molecule has 0 aromatic heterocycles. The van der Waals surface area contributed by atoms with E-state index in [4.69, 9.17) is 0 Å². The van der Waals surface area contributed by atoms with Gasteiger partial charge in [0, 0.05) is 22.8 Å². The Hall–Kier alpha value is -1.95. The standard InChI is InChI=1S/C15H13BrF2N2O/c1-8-3-4-10(16)7-13(8)20-15(21)9-5-11(17)14(19-2)12(18)6-9/h3-7,19H,1-2H3,(H,20,21). The van der Waals surface area contributed by atoms with E-state index in [1.807, 2.05) is 19.1 Å². The molecule has 0 aliphatic heterocycles. The summed E-state index contributed by atoms with van der Waals surface area (Å²) >= 11 is 3.31. The predicted molar refractivity (Wildman–Crippen MR) is 82.7 cm³/mol. The topological polar surface area (TPSA) is 41.1 Å². The zero-order valence-electron chi connectivity index (χ0n) is 11.4. The van der Waals surface area contributed by atoms with Crippen LogP contribution in [0.3, 0.4) is 0 Å². The average Bonchev–Trinajstić information content (AvgIpc) is 2.42. The molecule has 2 rings (SSSR count). The van der Waals surface area contributed by atoms with Crippen LogP contribution in [0.4, 0.5) is 20.2 Å². The second-order valence-electron chi connectivity index (χ2n) is 4.48. The Morgan fingerprint density at radius 1 is 1.14 bits per heavy atom. The number of carbonyl (C=O) groups excluding carboxylic acids is 1. The summed E-state index contributed by atoms with van der Waals surface area (Å²) in [5, 5.41) is 5.04. The molecule has 0 fully saturated rings. The van der Waals surface area contributed by atoms with Crippen molar-refractivity contribution in [1.29, 1.82) is 0 Å². The normalized spacial score (nSPS) is 10.3. The number of nitrogens with one attached hydrogen (secondary N) is 2. The highest BCUT2D eigenvalue weighted by Crippen LogP contribution is 2.23. The third kappa shape index (κ3) is 3.39. The van der Waals surface area contributed by atoms with Gasteiger partial charge in [-0.1, -0.05) is 22.0 Å². The van der Waals surface area contributed by atoms with Crippen molar-refractivity contribution in [3.05, 3.63) is 57.6 Å². The summed E-state index contributed by atoms with van der Waals surface area (Å²) in [7, 11) is 1.41. The Morgan fingerprint density at radius 3 is 2.33 bits per heavy atom. The van der Waals surface area contributed by atoms with Crippen LogP contribution in [0.1, 0.15) is 15.9 Å². The summed E-state index contributed by atoms with van der Waals surface area (Å²) in [5.41, 5.74) is 1.08. The maximum Gasteiger partial charge on any atom is 0.255 e. The van der Waals surface area contributed by atoms with E-state index in [1.54, 1.807) is 6.07 Å². The van der Waals surface area contributed by atoms with Crippen LogP contribution >= 0.6 is 15.9 Å². The summed E-state index contributed by atoms with van der Waals surface area (Å²) in [5.74, 6) is -2.20. The molecule has 0 atom stereocenters. The zero-order chi connectivity index (χ0) is 15.6.